The summed E-state index contributed by atoms with van der Waals surface area (Å²) < 4.78 is 30.7. The molecule has 0 N–H and O–H groups in total. The molecule has 3 rings (SSSR count). The molecule has 0 spiro atoms. The van der Waals surface area contributed by atoms with Gasteiger partial charge in [0.15, 0.2) is 0 Å². The van der Waals surface area contributed by atoms with Crippen molar-refractivity contribution in [2.75, 3.05) is 6.61 Å². The van der Waals surface area contributed by atoms with Gasteiger partial charge in [-0.15, -0.1) is 0 Å². The molecule has 1 fully saturated rings. The SMILES string of the molecule is O=C(OCCC1CC1(F)F)c1ccccc1-c1ccccc1. The van der Waals surface area contributed by atoms with Crippen LogP contribution in [-0.2, 0) is 4.74 Å². The van der Waals surface area contributed by atoms with Gasteiger partial charge in [-0.25, -0.2) is 13.6 Å². The first-order chi connectivity index (χ1) is 10.6. The normalized spacial score (nSPS) is 18.7. The van der Waals surface area contributed by atoms with Gasteiger partial charge >= 0.3 is 5.97 Å². The third kappa shape index (κ3) is 3.16. The van der Waals surface area contributed by atoms with Crippen molar-refractivity contribution in [3.8, 4) is 11.1 Å². The van der Waals surface area contributed by atoms with E-state index >= 15 is 0 Å². The lowest BCUT2D eigenvalue weighted by Crippen LogP contribution is -2.09. The highest BCUT2D eigenvalue weighted by molar-refractivity contribution is 5.97. The van der Waals surface area contributed by atoms with E-state index < -0.39 is 17.8 Å². The highest BCUT2D eigenvalue weighted by Crippen LogP contribution is 2.50. The van der Waals surface area contributed by atoms with Crippen LogP contribution in [-0.4, -0.2) is 18.5 Å². The number of rotatable bonds is 5. The maximum Gasteiger partial charge on any atom is 0.338 e. The van der Waals surface area contributed by atoms with Crippen molar-refractivity contribution >= 4 is 5.97 Å². The second kappa shape index (κ2) is 5.87. The molecule has 1 aliphatic carbocycles. The third-order valence-electron chi connectivity index (χ3n) is 3.89. The molecule has 0 amide bonds. The zero-order valence-corrected chi connectivity index (χ0v) is 12.0. The molecule has 4 heteroatoms. The Morgan fingerprint density at radius 3 is 2.41 bits per heavy atom. The molecular weight excluding hydrogens is 286 g/mol. The van der Waals surface area contributed by atoms with Gasteiger partial charge in [-0.2, -0.15) is 0 Å². The lowest BCUT2D eigenvalue weighted by Gasteiger charge is -2.09. The van der Waals surface area contributed by atoms with Crippen LogP contribution in [0.2, 0.25) is 0 Å². The van der Waals surface area contributed by atoms with Gasteiger partial charge in [-0.3, -0.25) is 0 Å². The quantitative estimate of drug-likeness (QED) is 0.757. The number of alkyl halides is 2. The molecule has 0 radical (unpaired) electrons. The molecule has 0 bridgehead atoms. The smallest absolute Gasteiger partial charge is 0.338 e. The van der Waals surface area contributed by atoms with E-state index in [1.165, 1.54) is 0 Å². The predicted octanol–water partition coefficient (Wildman–Crippen LogP) is 4.56. The molecule has 0 aliphatic heterocycles. The van der Waals surface area contributed by atoms with Crippen molar-refractivity contribution < 1.29 is 18.3 Å². The van der Waals surface area contributed by atoms with Crippen molar-refractivity contribution in [1.82, 2.24) is 0 Å². The second-order valence-electron chi connectivity index (χ2n) is 5.50. The average molecular weight is 302 g/mol. The van der Waals surface area contributed by atoms with E-state index in [-0.39, 0.29) is 19.4 Å². The Labute approximate surface area is 127 Å². The van der Waals surface area contributed by atoms with Crippen LogP contribution in [0.25, 0.3) is 11.1 Å². The van der Waals surface area contributed by atoms with Crippen LogP contribution >= 0.6 is 0 Å². The zero-order valence-electron chi connectivity index (χ0n) is 12.0. The summed E-state index contributed by atoms with van der Waals surface area (Å²) in [5.41, 5.74) is 2.16. The predicted molar refractivity (Wildman–Crippen MR) is 79.8 cm³/mol. The Hall–Kier alpha value is -2.23. The number of carbonyl (C=O) groups excluding carboxylic acids is 1. The van der Waals surface area contributed by atoms with E-state index in [0.29, 0.717) is 5.56 Å². The topological polar surface area (TPSA) is 26.3 Å². The molecule has 0 heterocycles. The maximum absolute atomic E-state index is 12.8. The number of benzene rings is 2. The van der Waals surface area contributed by atoms with Crippen LogP contribution in [0.5, 0.6) is 0 Å². The van der Waals surface area contributed by atoms with E-state index in [1.54, 1.807) is 12.1 Å². The van der Waals surface area contributed by atoms with Crippen LogP contribution in [0.3, 0.4) is 0 Å². The Balaban J connectivity index is 1.68. The molecule has 22 heavy (non-hydrogen) atoms. The van der Waals surface area contributed by atoms with Gasteiger partial charge in [0, 0.05) is 12.3 Å². The van der Waals surface area contributed by atoms with E-state index in [1.807, 2.05) is 42.5 Å². The minimum atomic E-state index is -2.56. The van der Waals surface area contributed by atoms with Crippen LogP contribution in [0.1, 0.15) is 23.2 Å². The maximum atomic E-state index is 12.8. The second-order valence-corrected chi connectivity index (χ2v) is 5.50. The largest absolute Gasteiger partial charge is 0.462 e. The van der Waals surface area contributed by atoms with E-state index in [0.717, 1.165) is 11.1 Å². The van der Waals surface area contributed by atoms with Crippen LogP contribution < -0.4 is 0 Å². The number of carbonyl (C=O) groups is 1. The molecule has 1 aliphatic rings. The van der Waals surface area contributed by atoms with Crippen molar-refractivity contribution in [1.29, 1.82) is 0 Å². The fourth-order valence-corrected chi connectivity index (χ4v) is 2.49. The summed E-state index contributed by atoms with van der Waals surface area (Å²) in [6, 6.07) is 16.7. The summed E-state index contributed by atoms with van der Waals surface area (Å²) in [5, 5.41) is 0. The molecule has 1 saturated carbocycles. The Kier molecular flexibility index (Phi) is 3.92. The monoisotopic (exact) mass is 302 g/mol. The highest BCUT2D eigenvalue weighted by Gasteiger charge is 2.56. The van der Waals surface area contributed by atoms with Gasteiger partial charge in [0.25, 0.3) is 5.92 Å². The fourth-order valence-electron chi connectivity index (χ4n) is 2.49. The lowest BCUT2D eigenvalue weighted by atomic mass is 10.00. The summed E-state index contributed by atoms with van der Waals surface area (Å²) in [6.07, 6.45) is 0.122. The van der Waals surface area contributed by atoms with Crippen molar-refractivity contribution in [2.24, 2.45) is 5.92 Å². The van der Waals surface area contributed by atoms with Crippen LogP contribution in [0.15, 0.2) is 54.6 Å². The molecule has 2 nitrogen and oxygen atoms in total. The molecule has 1 unspecified atom stereocenters. The Morgan fingerprint density at radius 2 is 1.73 bits per heavy atom. The van der Waals surface area contributed by atoms with Gasteiger partial charge < -0.3 is 4.74 Å². The molecular formula is C18H16F2O2. The van der Waals surface area contributed by atoms with Gasteiger partial charge in [-0.1, -0.05) is 48.5 Å². The highest BCUT2D eigenvalue weighted by atomic mass is 19.3. The first kappa shape index (κ1) is 14.7. The number of hydrogen-bond donors (Lipinski definition) is 0. The van der Waals surface area contributed by atoms with Gasteiger partial charge in [0.1, 0.15) is 0 Å². The summed E-state index contributed by atoms with van der Waals surface area (Å²) in [6.45, 7) is 0.0300. The number of halogens is 2. The van der Waals surface area contributed by atoms with Gasteiger partial charge in [0.2, 0.25) is 0 Å². The van der Waals surface area contributed by atoms with Crippen LogP contribution in [0.4, 0.5) is 8.78 Å². The molecule has 1 atom stereocenters. The van der Waals surface area contributed by atoms with E-state index in [4.69, 9.17) is 4.74 Å². The van der Waals surface area contributed by atoms with E-state index in [9.17, 15) is 13.6 Å². The summed E-state index contributed by atoms with van der Waals surface area (Å²) in [4.78, 5) is 12.2. The average Bonchev–Trinajstić information content (AvgIpc) is 3.15. The van der Waals surface area contributed by atoms with E-state index in [2.05, 4.69) is 0 Å². The fraction of sp³-hybridized carbons (Fsp3) is 0.278. The van der Waals surface area contributed by atoms with Crippen molar-refractivity contribution in [2.45, 2.75) is 18.8 Å². The summed E-state index contributed by atoms with van der Waals surface area (Å²) in [7, 11) is 0. The standard InChI is InChI=1S/C18H16F2O2/c19-18(20)12-14(18)10-11-22-17(21)16-9-5-4-8-15(16)13-6-2-1-3-7-13/h1-9,14H,10-12H2. The Morgan fingerprint density at radius 1 is 1.09 bits per heavy atom. The summed E-state index contributed by atoms with van der Waals surface area (Å²) >= 11 is 0. The van der Waals surface area contributed by atoms with Crippen molar-refractivity contribution in [3.05, 3.63) is 60.2 Å². The van der Waals surface area contributed by atoms with Gasteiger partial charge in [0.05, 0.1) is 12.2 Å². The molecule has 114 valence electrons. The summed E-state index contributed by atoms with van der Waals surface area (Å²) in [5.74, 6) is -3.66. The molecule has 2 aromatic rings. The lowest BCUT2D eigenvalue weighted by molar-refractivity contribution is 0.0453. The minimum absolute atomic E-state index is 0.0300. The van der Waals surface area contributed by atoms with Crippen LogP contribution in [0, 0.1) is 5.92 Å². The molecule has 0 saturated heterocycles. The third-order valence-corrected chi connectivity index (χ3v) is 3.89. The minimum Gasteiger partial charge on any atom is -0.462 e. The Bertz CT molecular complexity index is 668. The first-order valence-corrected chi connectivity index (χ1v) is 7.27. The first-order valence-electron chi connectivity index (χ1n) is 7.27. The molecule has 2 aromatic carbocycles. The number of esters is 1. The molecule has 0 aromatic heterocycles. The van der Waals surface area contributed by atoms with Crippen molar-refractivity contribution in [3.63, 3.8) is 0 Å². The van der Waals surface area contributed by atoms with Gasteiger partial charge in [-0.05, 0) is 23.6 Å². The zero-order chi connectivity index (χ0) is 15.6. The number of hydrogen-bond acceptors (Lipinski definition) is 2. The number of ether oxygens (including phenoxy) is 1.